The molecule has 0 spiro atoms. The molecular formula is C15H10ClFO. The van der Waals surface area contributed by atoms with Crippen LogP contribution in [0.5, 0.6) is 0 Å². The highest BCUT2D eigenvalue weighted by molar-refractivity contribution is 6.34. The molecule has 0 aliphatic rings. The highest BCUT2D eigenvalue weighted by Crippen LogP contribution is 2.16. The van der Waals surface area contributed by atoms with Crippen LogP contribution in [0.2, 0.25) is 5.02 Å². The normalized spacial score (nSPS) is 10.8. The van der Waals surface area contributed by atoms with Crippen molar-refractivity contribution in [3.05, 3.63) is 76.6 Å². The van der Waals surface area contributed by atoms with Crippen molar-refractivity contribution in [3.63, 3.8) is 0 Å². The van der Waals surface area contributed by atoms with Gasteiger partial charge in [-0.15, -0.1) is 0 Å². The van der Waals surface area contributed by atoms with Crippen LogP contribution in [0.3, 0.4) is 0 Å². The van der Waals surface area contributed by atoms with Gasteiger partial charge < -0.3 is 0 Å². The highest BCUT2D eigenvalue weighted by atomic mass is 35.5. The fraction of sp³-hybridized carbons (Fsp3) is 0. The third kappa shape index (κ3) is 3.05. The van der Waals surface area contributed by atoms with Crippen LogP contribution in [0.15, 0.2) is 54.6 Å². The molecule has 0 aromatic heterocycles. The van der Waals surface area contributed by atoms with Crippen LogP contribution in [0.4, 0.5) is 4.39 Å². The lowest BCUT2D eigenvalue weighted by molar-refractivity contribution is 0.104. The van der Waals surface area contributed by atoms with Crippen LogP contribution in [0, 0.1) is 5.82 Å². The summed E-state index contributed by atoms with van der Waals surface area (Å²) < 4.78 is 12.9. The monoisotopic (exact) mass is 260 g/mol. The average Bonchev–Trinajstić information content (AvgIpc) is 2.37. The number of hydrogen-bond acceptors (Lipinski definition) is 1. The summed E-state index contributed by atoms with van der Waals surface area (Å²) in [5, 5.41) is 0.409. The Bertz CT molecular complexity index is 605. The van der Waals surface area contributed by atoms with Crippen LogP contribution in [-0.4, -0.2) is 5.78 Å². The van der Waals surface area contributed by atoms with E-state index in [9.17, 15) is 9.18 Å². The molecule has 0 fully saturated rings. The Morgan fingerprint density at radius 3 is 2.61 bits per heavy atom. The summed E-state index contributed by atoms with van der Waals surface area (Å²) in [6.07, 6.45) is 2.95. The van der Waals surface area contributed by atoms with E-state index in [4.69, 9.17) is 11.6 Å². The summed E-state index contributed by atoms with van der Waals surface area (Å²) in [5.41, 5.74) is 1.07. The third-order valence-electron chi connectivity index (χ3n) is 2.42. The van der Waals surface area contributed by atoms with E-state index >= 15 is 0 Å². The molecule has 0 unspecified atom stereocenters. The van der Waals surface area contributed by atoms with E-state index in [0.717, 1.165) is 0 Å². The summed E-state index contributed by atoms with van der Waals surface area (Å²) >= 11 is 5.91. The lowest BCUT2D eigenvalue weighted by atomic mass is 10.1. The Morgan fingerprint density at radius 2 is 1.89 bits per heavy atom. The lowest BCUT2D eigenvalue weighted by Crippen LogP contribution is -1.94. The van der Waals surface area contributed by atoms with Crippen molar-refractivity contribution in [1.82, 2.24) is 0 Å². The summed E-state index contributed by atoms with van der Waals surface area (Å²) in [5.74, 6) is -0.535. The Labute approximate surface area is 110 Å². The standard InChI is InChI=1S/C15H10ClFO/c16-14-7-2-1-6-13(14)15(18)9-8-11-4-3-5-12(17)10-11/h1-10H. The molecule has 18 heavy (non-hydrogen) atoms. The van der Waals surface area contributed by atoms with Gasteiger partial charge in [-0.3, -0.25) is 4.79 Å². The second-order valence-corrected chi connectivity index (χ2v) is 4.14. The summed E-state index contributed by atoms with van der Waals surface area (Å²) in [4.78, 5) is 11.9. The van der Waals surface area contributed by atoms with Crippen molar-refractivity contribution in [2.75, 3.05) is 0 Å². The number of rotatable bonds is 3. The molecule has 2 aromatic rings. The lowest BCUT2D eigenvalue weighted by Gasteiger charge is -1.98. The molecular weight excluding hydrogens is 251 g/mol. The van der Waals surface area contributed by atoms with Gasteiger partial charge in [-0.25, -0.2) is 4.39 Å². The van der Waals surface area contributed by atoms with E-state index in [0.29, 0.717) is 16.1 Å². The van der Waals surface area contributed by atoms with Gasteiger partial charge in [0.25, 0.3) is 0 Å². The first-order valence-electron chi connectivity index (χ1n) is 5.39. The Hall–Kier alpha value is -1.93. The van der Waals surface area contributed by atoms with Gasteiger partial charge in [0.1, 0.15) is 5.82 Å². The number of benzene rings is 2. The predicted octanol–water partition coefficient (Wildman–Crippen LogP) is 4.38. The Balaban J connectivity index is 2.20. The van der Waals surface area contributed by atoms with E-state index in [1.807, 2.05) is 0 Å². The van der Waals surface area contributed by atoms with Crippen LogP contribution >= 0.6 is 11.6 Å². The zero-order valence-electron chi connectivity index (χ0n) is 9.44. The quantitative estimate of drug-likeness (QED) is 0.591. The molecule has 0 amide bonds. The molecule has 0 heterocycles. The van der Waals surface area contributed by atoms with E-state index in [2.05, 4.69) is 0 Å². The predicted molar refractivity (Wildman–Crippen MR) is 71.2 cm³/mol. The average molecular weight is 261 g/mol. The molecule has 0 aliphatic carbocycles. The highest BCUT2D eigenvalue weighted by Gasteiger charge is 2.05. The van der Waals surface area contributed by atoms with E-state index in [1.165, 1.54) is 18.2 Å². The van der Waals surface area contributed by atoms with E-state index in [-0.39, 0.29) is 11.6 Å². The van der Waals surface area contributed by atoms with Gasteiger partial charge >= 0.3 is 0 Å². The molecule has 2 aromatic carbocycles. The van der Waals surface area contributed by atoms with Crippen molar-refractivity contribution < 1.29 is 9.18 Å². The molecule has 0 saturated heterocycles. The van der Waals surface area contributed by atoms with Gasteiger partial charge in [-0.2, -0.15) is 0 Å². The molecule has 0 aliphatic heterocycles. The zero-order valence-corrected chi connectivity index (χ0v) is 10.2. The maximum absolute atomic E-state index is 12.9. The Kier molecular flexibility index (Phi) is 3.90. The maximum atomic E-state index is 12.9. The zero-order chi connectivity index (χ0) is 13.0. The first kappa shape index (κ1) is 12.5. The molecule has 90 valence electrons. The van der Waals surface area contributed by atoms with Crippen LogP contribution in [0.25, 0.3) is 6.08 Å². The molecule has 0 bridgehead atoms. The van der Waals surface area contributed by atoms with E-state index < -0.39 is 0 Å². The summed E-state index contributed by atoms with van der Waals surface area (Å²) in [6.45, 7) is 0. The van der Waals surface area contributed by atoms with Crippen LogP contribution < -0.4 is 0 Å². The van der Waals surface area contributed by atoms with Gasteiger partial charge in [0.2, 0.25) is 0 Å². The minimum absolute atomic E-state index is 0.204. The molecule has 2 rings (SSSR count). The number of ketones is 1. The number of halogens is 2. The second-order valence-electron chi connectivity index (χ2n) is 3.73. The fourth-order valence-corrected chi connectivity index (χ4v) is 1.76. The van der Waals surface area contributed by atoms with Gasteiger partial charge in [0, 0.05) is 5.56 Å². The summed E-state index contributed by atoms with van der Waals surface area (Å²) in [6, 6.07) is 12.8. The van der Waals surface area contributed by atoms with Crippen LogP contribution in [-0.2, 0) is 0 Å². The minimum Gasteiger partial charge on any atom is -0.289 e. The molecule has 0 radical (unpaired) electrons. The number of allylic oxidation sites excluding steroid dienone is 1. The fourth-order valence-electron chi connectivity index (χ4n) is 1.53. The van der Waals surface area contributed by atoms with Crippen molar-refractivity contribution >= 4 is 23.5 Å². The molecule has 1 nitrogen and oxygen atoms in total. The molecule has 0 N–H and O–H groups in total. The number of carbonyl (C=O) groups is 1. The molecule has 0 atom stereocenters. The van der Waals surface area contributed by atoms with Gasteiger partial charge in [0.15, 0.2) is 5.78 Å². The van der Waals surface area contributed by atoms with Crippen molar-refractivity contribution in [2.45, 2.75) is 0 Å². The van der Waals surface area contributed by atoms with Crippen LogP contribution in [0.1, 0.15) is 15.9 Å². The molecule has 0 saturated carbocycles. The Morgan fingerprint density at radius 1 is 1.11 bits per heavy atom. The first-order chi connectivity index (χ1) is 8.66. The topological polar surface area (TPSA) is 17.1 Å². The van der Waals surface area contributed by atoms with Crippen molar-refractivity contribution in [3.8, 4) is 0 Å². The number of hydrogen-bond donors (Lipinski definition) is 0. The second kappa shape index (κ2) is 5.61. The van der Waals surface area contributed by atoms with Crippen molar-refractivity contribution in [2.24, 2.45) is 0 Å². The van der Waals surface area contributed by atoms with Gasteiger partial charge in [0.05, 0.1) is 5.02 Å². The minimum atomic E-state index is -0.331. The molecule has 3 heteroatoms. The first-order valence-corrected chi connectivity index (χ1v) is 5.77. The SMILES string of the molecule is O=C(C=Cc1cccc(F)c1)c1ccccc1Cl. The largest absolute Gasteiger partial charge is 0.289 e. The van der Waals surface area contributed by atoms with Gasteiger partial charge in [-0.05, 0) is 35.9 Å². The van der Waals surface area contributed by atoms with E-state index in [1.54, 1.807) is 42.5 Å². The smallest absolute Gasteiger partial charge is 0.187 e. The third-order valence-corrected chi connectivity index (χ3v) is 2.74. The van der Waals surface area contributed by atoms with Crippen molar-refractivity contribution in [1.29, 1.82) is 0 Å². The maximum Gasteiger partial charge on any atom is 0.187 e. The van der Waals surface area contributed by atoms with Gasteiger partial charge in [-0.1, -0.05) is 41.9 Å². The summed E-state index contributed by atoms with van der Waals surface area (Å²) in [7, 11) is 0. The number of carbonyl (C=O) groups excluding carboxylic acids is 1.